The molecule has 158 valence electrons. The number of carbonyl (C=O) groups is 2. The average molecular weight is 409 g/mol. The Balaban J connectivity index is 2.09. The minimum absolute atomic E-state index is 0.111. The second-order valence-corrected chi connectivity index (χ2v) is 7.11. The van der Waals surface area contributed by atoms with E-state index in [9.17, 15) is 14.9 Å². The standard InChI is InChI=1S/C23H27N3O4/c1-15-8-6-7-9-21(15)25-22(27)14-30-23(28)20(12-24)11-19-10-16(2)26(18(19)4)17(3)13-29-5/h6-11,17H,13-14H2,1-5H3,(H,25,27)/b20-11+/t17-/m1/s1. The van der Waals surface area contributed by atoms with Gasteiger partial charge in [0.05, 0.1) is 12.6 Å². The summed E-state index contributed by atoms with van der Waals surface area (Å²) in [5, 5.41) is 12.1. The molecule has 7 heteroatoms. The molecular formula is C23H27N3O4. The molecule has 0 aliphatic rings. The summed E-state index contributed by atoms with van der Waals surface area (Å²) in [4.78, 5) is 24.4. The number of nitrogens with zero attached hydrogens (tertiary/aromatic N) is 2. The lowest BCUT2D eigenvalue weighted by atomic mass is 10.1. The molecule has 0 radical (unpaired) electrons. The molecule has 30 heavy (non-hydrogen) atoms. The largest absolute Gasteiger partial charge is 0.451 e. The number of nitriles is 1. The van der Waals surface area contributed by atoms with Crippen LogP contribution in [0, 0.1) is 32.1 Å². The van der Waals surface area contributed by atoms with Crippen LogP contribution in [0.3, 0.4) is 0 Å². The van der Waals surface area contributed by atoms with E-state index in [1.54, 1.807) is 19.2 Å². The van der Waals surface area contributed by atoms with Gasteiger partial charge in [0.2, 0.25) is 0 Å². The molecular weight excluding hydrogens is 382 g/mol. The number of para-hydroxylation sites is 1. The first-order chi connectivity index (χ1) is 14.3. The Morgan fingerprint density at radius 1 is 1.27 bits per heavy atom. The van der Waals surface area contributed by atoms with Crippen LogP contribution in [-0.2, 0) is 19.1 Å². The quantitative estimate of drug-likeness (QED) is 0.408. The van der Waals surface area contributed by atoms with E-state index in [0.717, 1.165) is 22.5 Å². The van der Waals surface area contributed by atoms with Gasteiger partial charge in [-0.05, 0) is 57.0 Å². The molecule has 0 fully saturated rings. The molecule has 0 saturated carbocycles. The molecule has 0 spiro atoms. The van der Waals surface area contributed by atoms with E-state index in [1.807, 2.05) is 52.0 Å². The number of aryl methyl sites for hydroxylation is 2. The predicted molar refractivity (Wildman–Crippen MR) is 115 cm³/mol. The lowest BCUT2D eigenvalue weighted by Crippen LogP contribution is -2.21. The molecule has 2 rings (SSSR count). The van der Waals surface area contributed by atoms with Crippen molar-refractivity contribution in [3.63, 3.8) is 0 Å². The molecule has 1 heterocycles. The van der Waals surface area contributed by atoms with Crippen molar-refractivity contribution < 1.29 is 19.1 Å². The first-order valence-electron chi connectivity index (χ1n) is 9.60. The van der Waals surface area contributed by atoms with Gasteiger partial charge in [0.25, 0.3) is 5.91 Å². The van der Waals surface area contributed by atoms with Gasteiger partial charge in [0.1, 0.15) is 11.6 Å². The SMILES string of the molecule is COC[C@@H](C)n1c(C)cc(/C=C(\C#N)C(=O)OCC(=O)Nc2ccccc2C)c1C. The highest BCUT2D eigenvalue weighted by Gasteiger charge is 2.17. The Labute approximate surface area is 176 Å². The molecule has 1 atom stereocenters. The van der Waals surface area contributed by atoms with E-state index < -0.39 is 18.5 Å². The summed E-state index contributed by atoms with van der Waals surface area (Å²) in [6.45, 7) is 7.84. The topological polar surface area (TPSA) is 93.3 Å². The third kappa shape index (κ3) is 5.58. The second-order valence-electron chi connectivity index (χ2n) is 7.11. The maximum atomic E-state index is 12.3. The summed E-state index contributed by atoms with van der Waals surface area (Å²) < 4.78 is 12.3. The van der Waals surface area contributed by atoms with Gasteiger partial charge in [0.15, 0.2) is 6.61 Å². The predicted octanol–water partition coefficient (Wildman–Crippen LogP) is 3.71. The Morgan fingerprint density at radius 3 is 2.60 bits per heavy atom. The molecule has 0 unspecified atom stereocenters. The molecule has 7 nitrogen and oxygen atoms in total. The van der Waals surface area contributed by atoms with Gasteiger partial charge in [0, 0.05) is 24.2 Å². The number of aromatic nitrogens is 1. The molecule has 1 aromatic carbocycles. The van der Waals surface area contributed by atoms with Gasteiger partial charge < -0.3 is 19.4 Å². The van der Waals surface area contributed by atoms with Crippen LogP contribution in [0.1, 0.15) is 35.5 Å². The number of methoxy groups -OCH3 is 1. The smallest absolute Gasteiger partial charge is 0.349 e. The fourth-order valence-electron chi connectivity index (χ4n) is 3.34. The Bertz CT molecular complexity index is 998. The fourth-order valence-corrected chi connectivity index (χ4v) is 3.34. The van der Waals surface area contributed by atoms with Crippen LogP contribution in [-0.4, -0.2) is 36.8 Å². The molecule has 1 N–H and O–H groups in total. The van der Waals surface area contributed by atoms with Gasteiger partial charge in [-0.1, -0.05) is 18.2 Å². The van der Waals surface area contributed by atoms with Crippen LogP contribution in [0.2, 0.25) is 0 Å². The van der Waals surface area contributed by atoms with Gasteiger partial charge in [-0.3, -0.25) is 4.79 Å². The monoisotopic (exact) mass is 409 g/mol. The number of benzene rings is 1. The molecule has 0 saturated heterocycles. The van der Waals surface area contributed by atoms with Crippen molar-refractivity contribution >= 4 is 23.6 Å². The number of ether oxygens (including phenoxy) is 2. The van der Waals surface area contributed by atoms with Gasteiger partial charge in [-0.2, -0.15) is 5.26 Å². The number of hydrogen-bond donors (Lipinski definition) is 1. The van der Waals surface area contributed by atoms with Crippen LogP contribution in [0.15, 0.2) is 35.9 Å². The van der Waals surface area contributed by atoms with Crippen LogP contribution >= 0.6 is 0 Å². The number of carbonyl (C=O) groups excluding carboxylic acids is 2. The first-order valence-corrected chi connectivity index (χ1v) is 9.60. The van der Waals surface area contributed by atoms with Gasteiger partial charge >= 0.3 is 5.97 Å². The maximum absolute atomic E-state index is 12.3. The van der Waals surface area contributed by atoms with Gasteiger partial charge in [-0.25, -0.2) is 4.79 Å². The normalized spacial score (nSPS) is 12.2. The highest BCUT2D eigenvalue weighted by atomic mass is 16.5. The number of hydrogen-bond acceptors (Lipinski definition) is 5. The van der Waals surface area contributed by atoms with E-state index in [1.165, 1.54) is 6.08 Å². The average Bonchev–Trinajstić information content (AvgIpc) is 2.99. The Kier molecular flexibility index (Phi) is 7.96. The number of rotatable bonds is 8. The zero-order valence-corrected chi connectivity index (χ0v) is 18.0. The van der Waals surface area contributed by atoms with E-state index in [2.05, 4.69) is 9.88 Å². The maximum Gasteiger partial charge on any atom is 0.349 e. The van der Waals surface area contributed by atoms with Crippen LogP contribution < -0.4 is 5.32 Å². The minimum atomic E-state index is -0.841. The van der Waals surface area contributed by atoms with E-state index in [4.69, 9.17) is 9.47 Å². The zero-order valence-electron chi connectivity index (χ0n) is 18.0. The molecule has 1 amide bonds. The van der Waals surface area contributed by atoms with Crippen molar-refractivity contribution in [3.8, 4) is 6.07 Å². The van der Waals surface area contributed by atoms with Gasteiger partial charge in [-0.15, -0.1) is 0 Å². The third-order valence-corrected chi connectivity index (χ3v) is 4.77. The Morgan fingerprint density at radius 2 is 1.97 bits per heavy atom. The summed E-state index contributed by atoms with van der Waals surface area (Å²) >= 11 is 0. The van der Waals surface area contributed by atoms with Crippen molar-refractivity contribution in [2.45, 2.75) is 33.7 Å². The molecule has 2 aromatic rings. The van der Waals surface area contributed by atoms with E-state index in [-0.39, 0.29) is 11.6 Å². The van der Waals surface area contributed by atoms with Crippen LogP contribution in [0.5, 0.6) is 0 Å². The van der Waals surface area contributed by atoms with Crippen LogP contribution in [0.4, 0.5) is 5.69 Å². The van der Waals surface area contributed by atoms with Crippen molar-refractivity contribution in [2.24, 2.45) is 0 Å². The highest BCUT2D eigenvalue weighted by molar-refractivity contribution is 6.00. The van der Waals surface area contributed by atoms with Crippen molar-refractivity contribution in [1.82, 2.24) is 4.57 Å². The van der Waals surface area contributed by atoms with E-state index in [0.29, 0.717) is 12.3 Å². The zero-order chi connectivity index (χ0) is 22.3. The Hall–Kier alpha value is -3.37. The third-order valence-electron chi connectivity index (χ3n) is 4.77. The fraction of sp³-hybridized carbons (Fsp3) is 0.348. The molecule has 0 bridgehead atoms. The number of amides is 1. The number of anilines is 1. The molecule has 0 aliphatic heterocycles. The van der Waals surface area contributed by atoms with Crippen molar-refractivity contribution in [2.75, 3.05) is 25.6 Å². The van der Waals surface area contributed by atoms with Crippen molar-refractivity contribution in [3.05, 3.63) is 58.4 Å². The first kappa shape index (κ1) is 22.9. The van der Waals surface area contributed by atoms with Crippen LogP contribution in [0.25, 0.3) is 6.08 Å². The molecule has 1 aromatic heterocycles. The van der Waals surface area contributed by atoms with E-state index >= 15 is 0 Å². The summed E-state index contributed by atoms with van der Waals surface area (Å²) in [5.41, 5.74) is 4.02. The highest BCUT2D eigenvalue weighted by Crippen LogP contribution is 2.23. The summed E-state index contributed by atoms with van der Waals surface area (Å²) in [6, 6.07) is 11.2. The molecule has 0 aliphatic carbocycles. The lowest BCUT2D eigenvalue weighted by Gasteiger charge is -2.17. The minimum Gasteiger partial charge on any atom is -0.451 e. The summed E-state index contributed by atoms with van der Waals surface area (Å²) in [7, 11) is 1.64. The number of esters is 1. The lowest BCUT2D eigenvalue weighted by molar-refractivity contribution is -0.142. The van der Waals surface area contributed by atoms with Crippen molar-refractivity contribution in [1.29, 1.82) is 5.26 Å². The summed E-state index contributed by atoms with van der Waals surface area (Å²) in [6.07, 6.45) is 1.49. The number of nitrogens with one attached hydrogen (secondary N) is 1. The summed E-state index contributed by atoms with van der Waals surface area (Å²) in [5.74, 6) is -1.31. The second kappa shape index (κ2) is 10.4.